The molecule has 0 saturated heterocycles. The van der Waals surface area contributed by atoms with E-state index in [0.717, 1.165) is 64.2 Å². The summed E-state index contributed by atoms with van der Waals surface area (Å²) in [6, 6.07) is -0.542. The molecule has 0 fully saturated rings. The highest BCUT2D eigenvalue weighted by Crippen LogP contribution is 2.18. The van der Waals surface area contributed by atoms with Gasteiger partial charge in [0.2, 0.25) is 5.91 Å². The third-order valence-corrected chi connectivity index (χ3v) is 14.0. The first-order chi connectivity index (χ1) is 34.2. The van der Waals surface area contributed by atoms with Crippen molar-refractivity contribution >= 4 is 5.91 Å². The molecule has 4 nitrogen and oxygen atoms in total. The molecule has 0 aliphatic carbocycles. The van der Waals surface area contributed by atoms with Gasteiger partial charge in [-0.1, -0.05) is 318 Å². The molecule has 0 aromatic carbocycles. The van der Waals surface area contributed by atoms with Gasteiger partial charge >= 0.3 is 0 Å². The molecule has 0 saturated carbocycles. The minimum absolute atomic E-state index is 0.0320. The van der Waals surface area contributed by atoms with E-state index < -0.39 is 12.1 Å². The highest BCUT2D eigenvalue weighted by atomic mass is 16.3. The van der Waals surface area contributed by atoms with E-state index in [2.05, 4.69) is 92.1 Å². The second-order valence-corrected chi connectivity index (χ2v) is 20.7. The molecule has 2 atom stereocenters. The average molecular weight is 963 g/mol. The first kappa shape index (κ1) is 66.8. The van der Waals surface area contributed by atoms with Crippen molar-refractivity contribution in [1.82, 2.24) is 5.32 Å². The Bertz CT molecular complexity index is 1180. The van der Waals surface area contributed by atoms with Crippen LogP contribution in [0.25, 0.3) is 0 Å². The highest BCUT2D eigenvalue weighted by molar-refractivity contribution is 5.76. The largest absolute Gasteiger partial charge is 0.394 e. The normalized spacial score (nSPS) is 13.3. The zero-order valence-electron chi connectivity index (χ0n) is 46.3. The van der Waals surface area contributed by atoms with E-state index in [9.17, 15) is 15.0 Å². The number of allylic oxidation sites excluding steroid dienone is 12. The van der Waals surface area contributed by atoms with Crippen molar-refractivity contribution in [3.8, 4) is 0 Å². The average Bonchev–Trinajstić information content (AvgIpc) is 3.35. The lowest BCUT2D eigenvalue weighted by atomic mass is 10.0. The smallest absolute Gasteiger partial charge is 0.220 e. The molecule has 0 aromatic heterocycles. The van der Waals surface area contributed by atoms with Gasteiger partial charge in [0, 0.05) is 6.42 Å². The number of unbranched alkanes of at least 4 members (excludes halogenated alkanes) is 37. The van der Waals surface area contributed by atoms with Crippen molar-refractivity contribution in [2.45, 2.75) is 328 Å². The van der Waals surface area contributed by atoms with E-state index >= 15 is 0 Å². The van der Waals surface area contributed by atoms with Crippen LogP contribution < -0.4 is 5.32 Å². The Hall–Kier alpha value is -2.17. The van der Waals surface area contributed by atoms with Crippen LogP contribution in [0.3, 0.4) is 0 Å². The van der Waals surface area contributed by atoms with Gasteiger partial charge in [0.15, 0.2) is 0 Å². The second-order valence-electron chi connectivity index (χ2n) is 20.7. The molecule has 0 aromatic rings. The fourth-order valence-electron chi connectivity index (χ4n) is 9.37. The molecule has 0 rings (SSSR count). The topological polar surface area (TPSA) is 69.6 Å². The Morgan fingerprint density at radius 3 is 0.957 bits per heavy atom. The minimum Gasteiger partial charge on any atom is -0.394 e. The highest BCUT2D eigenvalue weighted by Gasteiger charge is 2.20. The maximum Gasteiger partial charge on any atom is 0.220 e. The monoisotopic (exact) mass is 962 g/mol. The molecule has 0 heterocycles. The Morgan fingerprint density at radius 2 is 0.638 bits per heavy atom. The van der Waals surface area contributed by atoms with E-state index in [-0.39, 0.29) is 12.5 Å². The van der Waals surface area contributed by atoms with Gasteiger partial charge in [0.1, 0.15) is 0 Å². The van der Waals surface area contributed by atoms with E-state index in [0.29, 0.717) is 12.8 Å². The summed E-state index contributed by atoms with van der Waals surface area (Å²) in [6.45, 7) is 4.27. The van der Waals surface area contributed by atoms with Crippen molar-refractivity contribution in [3.05, 3.63) is 72.9 Å². The molecule has 1 amide bonds. The zero-order chi connectivity index (χ0) is 49.9. The van der Waals surface area contributed by atoms with Crippen LogP contribution in [0.4, 0.5) is 0 Å². The molecule has 0 spiro atoms. The number of aliphatic hydroxyl groups excluding tert-OH is 2. The number of hydrogen-bond donors (Lipinski definition) is 3. The molecule has 0 aliphatic heterocycles. The second kappa shape index (κ2) is 60.1. The van der Waals surface area contributed by atoms with Gasteiger partial charge in [-0.15, -0.1) is 0 Å². The predicted molar refractivity (Wildman–Crippen MR) is 308 cm³/mol. The first-order valence-electron chi connectivity index (χ1n) is 30.6. The zero-order valence-corrected chi connectivity index (χ0v) is 46.3. The fraction of sp³-hybridized carbons (Fsp3) is 0.800. The van der Waals surface area contributed by atoms with Crippen LogP contribution in [0.15, 0.2) is 72.9 Å². The van der Waals surface area contributed by atoms with Crippen molar-refractivity contribution < 1.29 is 15.0 Å². The predicted octanol–water partition coefficient (Wildman–Crippen LogP) is 20.5. The van der Waals surface area contributed by atoms with E-state index in [1.54, 1.807) is 0 Å². The fourth-order valence-corrected chi connectivity index (χ4v) is 9.37. The van der Waals surface area contributed by atoms with Crippen LogP contribution >= 0.6 is 0 Å². The van der Waals surface area contributed by atoms with E-state index in [1.165, 1.54) is 225 Å². The summed E-state index contributed by atoms with van der Waals surface area (Å²) in [5.41, 5.74) is 0. The van der Waals surface area contributed by atoms with Crippen LogP contribution in [0.5, 0.6) is 0 Å². The third kappa shape index (κ3) is 56.6. The Labute approximate surface area is 431 Å². The molecule has 0 radical (unpaired) electrons. The number of carbonyl (C=O) groups excluding carboxylic acids is 1. The van der Waals surface area contributed by atoms with Gasteiger partial charge in [-0.25, -0.2) is 0 Å². The molecular weight excluding hydrogens is 843 g/mol. The van der Waals surface area contributed by atoms with Crippen molar-refractivity contribution in [2.24, 2.45) is 0 Å². The maximum absolute atomic E-state index is 12.5. The molecule has 69 heavy (non-hydrogen) atoms. The standard InChI is InChI=1S/C65H119NO3/c1-3-5-7-9-11-13-15-17-19-21-23-25-27-29-31-32-33-34-35-37-39-41-43-45-47-49-51-53-55-57-59-61-65(69)66-63(62-67)64(68)60-58-56-54-52-50-48-46-44-42-40-38-36-30-28-26-24-22-20-18-16-14-12-10-8-6-4-2/h5,7,11,13,17,19,23,25,29,31,33-34,63-64,67-68H,3-4,6,8-10,12,14-16,18,20-22,24,26-28,30,32,35-62H2,1-2H3,(H,66,69)/b7-5-,13-11-,19-17-,25-23-,31-29-,34-33-. The summed E-state index contributed by atoms with van der Waals surface area (Å²) < 4.78 is 0. The van der Waals surface area contributed by atoms with E-state index in [1.807, 2.05) is 0 Å². The Kier molecular flexibility index (Phi) is 58.2. The first-order valence-corrected chi connectivity index (χ1v) is 30.6. The summed E-state index contributed by atoms with van der Waals surface area (Å²) in [6.07, 6.45) is 86.2. The van der Waals surface area contributed by atoms with Gasteiger partial charge in [-0.2, -0.15) is 0 Å². The van der Waals surface area contributed by atoms with Gasteiger partial charge < -0.3 is 15.5 Å². The summed E-state index contributed by atoms with van der Waals surface area (Å²) in [5.74, 6) is -0.0320. The molecule has 0 aliphatic rings. The van der Waals surface area contributed by atoms with Crippen LogP contribution in [0.1, 0.15) is 316 Å². The van der Waals surface area contributed by atoms with Crippen molar-refractivity contribution in [3.63, 3.8) is 0 Å². The van der Waals surface area contributed by atoms with Crippen LogP contribution in [-0.4, -0.2) is 34.9 Å². The quantitative estimate of drug-likeness (QED) is 0.0420. The van der Waals surface area contributed by atoms with Crippen LogP contribution in [0, 0.1) is 0 Å². The lowest BCUT2D eigenvalue weighted by molar-refractivity contribution is -0.123. The number of hydrogen-bond acceptors (Lipinski definition) is 3. The van der Waals surface area contributed by atoms with Crippen molar-refractivity contribution in [1.29, 1.82) is 0 Å². The molecule has 2 unspecified atom stereocenters. The molecule has 3 N–H and O–H groups in total. The minimum atomic E-state index is -0.665. The summed E-state index contributed by atoms with van der Waals surface area (Å²) in [5, 5.41) is 23.4. The summed E-state index contributed by atoms with van der Waals surface area (Å²) in [4.78, 5) is 12.5. The van der Waals surface area contributed by atoms with Gasteiger partial charge in [-0.05, 0) is 64.2 Å². The van der Waals surface area contributed by atoms with E-state index in [4.69, 9.17) is 0 Å². The molecule has 4 heteroatoms. The number of rotatable bonds is 56. The molecule has 0 bridgehead atoms. The number of amides is 1. The lowest BCUT2D eigenvalue weighted by Gasteiger charge is -2.22. The number of nitrogens with one attached hydrogen (secondary N) is 1. The van der Waals surface area contributed by atoms with Gasteiger partial charge in [0.05, 0.1) is 18.8 Å². The third-order valence-electron chi connectivity index (χ3n) is 14.0. The molecule has 402 valence electrons. The number of aliphatic hydroxyl groups is 2. The van der Waals surface area contributed by atoms with Crippen LogP contribution in [0.2, 0.25) is 0 Å². The Balaban J connectivity index is 3.48. The SMILES string of the molecule is CC/C=C\C/C=C\C/C=C\C/C=C\C/C=C\C/C=C\CCCCCCCCCCCCCCC(=O)NC(CO)C(O)CCCCCCCCCCCCCCCCCCCCCCCCCCCC. The van der Waals surface area contributed by atoms with Crippen LogP contribution in [-0.2, 0) is 4.79 Å². The lowest BCUT2D eigenvalue weighted by Crippen LogP contribution is -2.45. The van der Waals surface area contributed by atoms with Gasteiger partial charge in [0.25, 0.3) is 0 Å². The Morgan fingerprint density at radius 1 is 0.362 bits per heavy atom. The summed E-state index contributed by atoms with van der Waals surface area (Å²) >= 11 is 0. The van der Waals surface area contributed by atoms with Crippen molar-refractivity contribution in [2.75, 3.05) is 6.61 Å². The number of carbonyl (C=O) groups is 1. The molecular formula is C65H119NO3. The summed E-state index contributed by atoms with van der Waals surface area (Å²) in [7, 11) is 0. The van der Waals surface area contributed by atoms with Gasteiger partial charge in [-0.3, -0.25) is 4.79 Å². The maximum atomic E-state index is 12.5.